The maximum absolute atomic E-state index is 11.7. The normalized spacial score (nSPS) is 9.28. The van der Waals surface area contributed by atoms with Crippen LogP contribution >= 0.6 is 31.9 Å². The molecule has 0 atom stereocenters. The van der Waals surface area contributed by atoms with Gasteiger partial charge in [-0.3, -0.25) is 0 Å². The van der Waals surface area contributed by atoms with Gasteiger partial charge in [-0.2, -0.15) is 0 Å². The highest BCUT2D eigenvalue weighted by atomic mass is 79.9. The SMILES string of the molecule is CCOC(=O)C(=CNc1ccc(Br)cc1)C(=O)OCC.CCOC=C(C(=O)OCC)C(=O)OCC.Nc1ccc(Br)cc1. The van der Waals surface area contributed by atoms with Crippen molar-refractivity contribution in [3.05, 3.63) is 81.1 Å². The number of nitrogen functional groups attached to an aromatic ring is 1. The molecule has 0 bridgehead atoms. The molecular formula is C30H38Br2N2O9. The van der Waals surface area contributed by atoms with Crippen molar-refractivity contribution in [3.8, 4) is 0 Å². The molecular weight excluding hydrogens is 692 g/mol. The first-order chi connectivity index (χ1) is 20.5. The van der Waals surface area contributed by atoms with Crippen LogP contribution in [0.2, 0.25) is 0 Å². The van der Waals surface area contributed by atoms with E-state index in [4.69, 9.17) is 19.9 Å². The third-order valence-electron chi connectivity index (χ3n) is 4.45. The molecule has 2 aromatic carbocycles. The number of esters is 4. The molecule has 0 heterocycles. The number of carbonyl (C=O) groups excluding carboxylic acids is 4. The first kappa shape index (κ1) is 39.2. The molecule has 43 heavy (non-hydrogen) atoms. The van der Waals surface area contributed by atoms with E-state index in [1.54, 1.807) is 46.8 Å². The Hall–Kier alpha value is -3.84. The predicted molar refractivity (Wildman–Crippen MR) is 171 cm³/mol. The summed E-state index contributed by atoms with van der Waals surface area (Å²) >= 11 is 6.61. The van der Waals surface area contributed by atoms with Crippen molar-refractivity contribution >= 4 is 67.1 Å². The van der Waals surface area contributed by atoms with Gasteiger partial charge in [-0.25, -0.2) is 19.2 Å². The van der Waals surface area contributed by atoms with Crippen LogP contribution in [0.5, 0.6) is 0 Å². The first-order valence-electron chi connectivity index (χ1n) is 13.3. The summed E-state index contributed by atoms with van der Waals surface area (Å²) in [6.07, 6.45) is 2.36. The summed E-state index contributed by atoms with van der Waals surface area (Å²) in [5.41, 5.74) is 6.55. The summed E-state index contributed by atoms with van der Waals surface area (Å²) in [6.45, 7) is 9.52. The number of nitrogens with two attached hydrogens (primary N) is 1. The predicted octanol–water partition coefficient (Wildman–Crippen LogP) is 5.94. The average molecular weight is 730 g/mol. The molecule has 0 saturated carbocycles. The van der Waals surface area contributed by atoms with Crippen molar-refractivity contribution in [1.82, 2.24) is 0 Å². The first-order valence-corrected chi connectivity index (χ1v) is 14.9. The van der Waals surface area contributed by atoms with Crippen molar-refractivity contribution < 1.29 is 42.9 Å². The number of anilines is 2. The molecule has 0 aliphatic heterocycles. The number of rotatable bonds is 12. The van der Waals surface area contributed by atoms with Crippen molar-refractivity contribution in [2.75, 3.05) is 44.1 Å². The Morgan fingerprint density at radius 2 is 1.00 bits per heavy atom. The second kappa shape index (κ2) is 23.7. The lowest BCUT2D eigenvalue weighted by Crippen LogP contribution is -2.19. The summed E-state index contributed by atoms with van der Waals surface area (Å²) < 4.78 is 25.9. The van der Waals surface area contributed by atoms with Crippen molar-refractivity contribution in [2.45, 2.75) is 34.6 Å². The molecule has 2 aromatic rings. The molecule has 0 fully saturated rings. The van der Waals surface area contributed by atoms with E-state index in [1.165, 1.54) is 6.20 Å². The molecule has 3 N–H and O–H groups in total. The van der Waals surface area contributed by atoms with Crippen LogP contribution in [0.15, 0.2) is 81.1 Å². The smallest absolute Gasteiger partial charge is 0.348 e. The standard InChI is InChI=1S/C14H16BrNO4.C10H16O5.C6H6BrN/c1-3-19-13(17)12(14(18)20-4-2)9-16-11-7-5-10(15)6-8-11;1-4-13-7-8(9(11)14-5-2)10(12)15-6-3;7-5-1-3-6(8)4-2-5/h5-9,16H,3-4H2,1-2H3;7H,4-6H2,1-3H3;1-4H,8H2. The maximum atomic E-state index is 11.7. The monoisotopic (exact) mass is 728 g/mol. The molecule has 13 heteroatoms. The van der Waals surface area contributed by atoms with Crippen LogP contribution < -0.4 is 11.1 Å². The lowest BCUT2D eigenvalue weighted by molar-refractivity contribution is -0.148. The summed E-state index contributed by atoms with van der Waals surface area (Å²) in [4.78, 5) is 46.0. The van der Waals surface area contributed by atoms with E-state index in [-0.39, 0.29) is 37.6 Å². The Morgan fingerprint density at radius 3 is 1.35 bits per heavy atom. The molecule has 0 aromatic heterocycles. The van der Waals surface area contributed by atoms with E-state index in [0.717, 1.165) is 26.6 Å². The number of carbonyl (C=O) groups is 4. The third-order valence-corrected chi connectivity index (χ3v) is 5.50. The Kier molecular flexibility index (Phi) is 21.6. The van der Waals surface area contributed by atoms with Gasteiger partial charge in [0, 0.05) is 26.5 Å². The van der Waals surface area contributed by atoms with Gasteiger partial charge in [-0.15, -0.1) is 0 Å². The fourth-order valence-corrected chi connectivity index (χ4v) is 3.08. The van der Waals surface area contributed by atoms with E-state index in [9.17, 15) is 19.2 Å². The highest BCUT2D eigenvalue weighted by molar-refractivity contribution is 9.10. The zero-order chi connectivity index (χ0) is 32.6. The Morgan fingerprint density at radius 1 is 0.628 bits per heavy atom. The Bertz CT molecular complexity index is 1140. The molecule has 0 unspecified atom stereocenters. The van der Waals surface area contributed by atoms with Crippen LogP contribution in [0.3, 0.4) is 0 Å². The van der Waals surface area contributed by atoms with Gasteiger partial charge in [0.2, 0.25) is 0 Å². The number of benzene rings is 2. The molecule has 0 radical (unpaired) electrons. The minimum Gasteiger partial charge on any atom is -0.500 e. The number of nitrogens with one attached hydrogen (secondary N) is 1. The van der Waals surface area contributed by atoms with Gasteiger partial charge < -0.3 is 34.7 Å². The van der Waals surface area contributed by atoms with Crippen molar-refractivity contribution in [2.24, 2.45) is 0 Å². The van der Waals surface area contributed by atoms with Gasteiger partial charge in [0.05, 0.1) is 33.0 Å². The minimum absolute atomic E-state index is 0.170. The van der Waals surface area contributed by atoms with E-state index < -0.39 is 23.9 Å². The second-order valence-electron chi connectivity index (χ2n) is 7.63. The van der Waals surface area contributed by atoms with E-state index in [1.807, 2.05) is 36.4 Å². The molecule has 0 aliphatic carbocycles. The molecule has 0 saturated heterocycles. The molecule has 2 rings (SSSR count). The van der Waals surface area contributed by atoms with E-state index in [2.05, 4.69) is 46.7 Å². The summed E-state index contributed by atoms with van der Waals surface area (Å²) in [5.74, 6) is -2.89. The van der Waals surface area contributed by atoms with E-state index in [0.29, 0.717) is 6.61 Å². The van der Waals surface area contributed by atoms with Crippen LogP contribution in [-0.2, 0) is 42.9 Å². The Labute approximate surface area is 269 Å². The Balaban J connectivity index is 0.000000671. The highest BCUT2D eigenvalue weighted by Gasteiger charge is 2.22. The fraction of sp³-hybridized carbons (Fsp3) is 0.333. The number of hydrogen-bond acceptors (Lipinski definition) is 11. The lowest BCUT2D eigenvalue weighted by atomic mass is 10.3. The van der Waals surface area contributed by atoms with Crippen LogP contribution in [0.25, 0.3) is 0 Å². The van der Waals surface area contributed by atoms with Crippen molar-refractivity contribution in [1.29, 1.82) is 0 Å². The number of hydrogen-bond donors (Lipinski definition) is 2. The van der Waals surface area contributed by atoms with Crippen molar-refractivity contribution in [3.63, 3.8) is 0 Å². The number of ether oxygens (including phenoxy) is 5. The van der Waals surface area contributed by atoms with Crippen LogP contribution in [0.1, 0.15) is 34.6 Å². The fourth-order valence-electron chi connectivity index (χ4n) is 2.55. The largest absolute Gasteiger partial charge is 0.500 e. The quantitative estimate of drug-likeness (QED) is 0.0508. The summed E-state index contributed by atoms with van der Waals surface area (Å²) in [6, 6.07) is 14.8. The van der Waals surface area contributed by atoms with Crippen LogP contribution in [0, 0.1) is 0 Å². The van der Waals surface area contributed by atoms with Gasteiger partial charge in [0.25, 0.3) is 0 Å². The number of halogens is 2. The third kappa shape index (κ3) is 17.7. The van der Waals surface area contributed by atoms with Gasteiger partial charge in [-0.05, 0) is 83.1 Å². The molecule has 0 spiro atoms. The molecule has 0 amide bonds. The van der Waals surface area contributed by atoms with Crippen LogP contribution in [-0.4, -0.2) is 56.9 Å². The zero-order valence-corrected chi connectivity index (χ0v) is 28.0. The second-order valence-corrected chi connectivity index (χ2v) is 9.46. The van der Waals surface area contributed by atoms with E-state index >= 15 is 0 Å². The van der Waals surface area contributed by atoms with Gasteiger partial charge in [-0.1, -0.05) is 31.9 Å². The molecule has 0 aliphatic rings. The summed E-state index contributed by atoms with van der Waals surface area (Å²) in [5, 5.41) is 2.87. The minimum atomic E-state index is -0.732. The van der Waals surface area contributed by atoms with Gasteiger partial charge >= 0.3 is 23.9 Å². The lowest BCUT2D eigenvalue weighted by Gasteiger charge is -2.07. The highest BCUT2D eigenvalue weighted by Crippen LogP contribution is 2.15. The average Bonchev–Trinajstić information content (AvgIpc) is 2.97. The zero-order valence-electron chi connectivity index (χ0n) is 24.8. The topological polar surface area (TPSA) is 152 Å². The maximum Gasteiger partial charge on any atom is 0.348 e. The molecule has 236 valence electrons. The van der Waals surface area contributed by atoms with Crippen LogP contribution in [0.4, 0.5) is 11.4 Å². The van der Waals surface area contributed by atoms with Gasteiger partial charge in [0.15, 0.2) is 11.1 Å². The summed E-state index contributed by atoms with van der Waals surface area (Å²) in [7, 11) is 0. The van der Waals surface area contributed by atoms with Gasteiger partial charge in [0.1, 0.15) is 6.26 Å². The molecule has 11 nitrogen and oxygen atoms in total.